The average Bonchev–Trinajstić information content (AvgIpc) is 3.08. The van der Waals surface area contributed by atoms with E-state index in [1.807, 2.05) is 38.4 Å². The second kappa shape index (κ2) is 9.13. The van der Waals surface area contributed by atoms with E-state index in [2.05, 4.69) is 45.3 Å². The van der Waals surface area contributed by atoms with E-state index < -0.39 is 23.0 Å². The van der Waals surface area contributed by atoms with Gasteiger partial charge < -0.3 is 10.2 Å². The Morgan fingerprint density at radius 1 is 1.14 bits per heavy atom. The highest BCUT2D eigenvalue weighted by Crippen LogP contribution is 2.24. The van der Waals surface area contributed by atoms with Crippen molar-refractivity contribution in [2.45, 2.75) is 38.1 Å². The Hall–Kier alpha value is -2.81. The van der Waals surface area contributed by atoms with Crippen LogP contribution in [0, 0.1) is 10.1 Å². The Labute approximate surface area is 170 Å². The van der Waals surface area contributed by atoms with Crippen molar-refractivity contribution < 1.29 is 9.72 Å². The highest BCUT2D eigenvalue weighted by Gasteiger charge is 2.46. The minimum absolute atomic E-state index is 0.297. The fraction of sp³-hybridized carbons (Fsp3) is 0.381. The molecule has 1 aliphatic heterocycles. The van der Waals surface area contributed by atoms with E-state index in [1.165, 1.54) is 5.56 Å². The highest BCUT2D eigenvalue weighted by molar-refractivity contribution is 5.83. The van der Waals surface area contributed by atoms with Crippen LogP contribution in [0.2, 0.25) is 0 Å². The van der Waals surface area contributed by atoms with Gasteiger partial charge in [-0.15, -0.1) is 0 Å². The predicted molar refractivity (Wildman–Crippen MR) is 111 cm³/mol. The Balaban J connectivity index is 1.71. The quantitative estimate of drug-likeness (QED) is 0.484. The monoisotopic (exact) mass is 397 g/mol. The lowest BCUT2D eigenvalue weighted by atomic mass is 9.98. The average molecular weight is 397 g/mol. The molecule has 29 heavy (non-hydrogen) atoms. The standard InChI is InChI=1S/C21H27N5O3/c1-14-20(26(28)29)19(24-23-14)21(27)22-12-17-6-4-5-7-18(17)16-10-8-15(9-11-16)13-25(2)3/h4-11,14,19-20,23-24H,12-13H2,1-3H3,(H,22,27). The smallest absolute Gasteiger partial charge is 0.254 e. The molecule has 8 heteroatoms. The van der Waals surface area contributed by atoms with Crippen LogP contribution >= 0.6 is 0 Å². The molecule has 3 N–H and O–H groups in total. The number of carbonyl (C=O) groups is 1. The van der Waals surface area contributed by atoms with Gasteiger partial charge in [-0.2, -0.15) is 0 Å². The number of nitrogens with zero attached hydrogens (tertiary/aromatic N) is 2. The molecule has 0 saturated carbocycles. The summed E-state index contributed by atoms with van der Waals surface area (Å²) >= 11 is 0. The number of amides is 1. The maximum absolute atomic E-state index is 12.6. The molecule has 0 radical (unpaired) electrons. The summed E-state index contributed by atoms with van der Waals surface area (Å²) in [5.41, 5.74) is 9.79. The molecule has 1 amide bonds. The lowest BCUT2D eigenvalue weighted by molar-refractivity contribution is -0.523. The summed E-state index contributed by atoms with van der Waals surface area (Å²) in [5.74, 6) is -0.389. The van der Waals surface area contributed by atoms with Crippen molar-refractivity contribution >= 4 is 5.91 Å². The minimum atomic E-state index is -1.01. The van der Waals surface area contributed by atoms with Crippen LogP contribution in [0.15, 0.2) is 48.5 Å². The van der Waals surface area contributed by atoms with Gasteiger partial charge in [-0.25, -0.2) is 10.9 Å². The summed E-state index contributed by atoms with van der Waals surface area (Å²) in [4.78, 5) is 25.5. The molecular formula is C21H27N5O3. The van der Waals surface area contributed by atoms with Gasteiger partial charge in [0.05, 0.1) is 6.04 Å². The van der Waals surface area contributed by atoms with Gasteiger partial charge in [0.15, 0.2) is 6.04 Å². The molecule has 3 atom stereocenters. The zero-order chi connectivity index (χ0) is 21.0. The van der Waals surface area contributed by atoms with Crippen LogP contribution in [-0.2, 0) is 17.9 Å². The summed E-state index contributed by atoms with van der Waals surface area (Å²) in [6.07, 6.45) is 0. The van der Waals surface area contributed by atoms with Crippen molar-refractivity contribution in [1.82, 2.24) is 21.1 Å². The number of rotatable bonds is 7. The molecule has 154 valence electrons. The second-order valence-electron chi connectivity index (χ2n) is 7.64. The largest absolute Gasteiger partial charge is 0.350 e. The molecule has 2 aromatic rings. The van der Waals surface area contributed by atoms with E-state index in [1.54, 1.807) is 6.92 Å². The van der Waals surface area contributed by atoms with E-state index in [9.17, 15) is 14.9 Å². The third-order valence-corrected chi connectivity index (χ3v) is 5.08. The van der Waals surface area contributed by atoms with E-state index in [0.29, 0.717) is 6.54 Å². The number of nitro groups is 1. The van der Waals surface area contributed by atoms with E-state index in [-0.39, 0.29) is 5.91 Å². The number of benzene rings is 2. The first kappa shape index (κ1) is 20.9. The molecule has 8 nitrogen and oxygen atoms in total. The molecule has 1 saturated heterocycles. The lowest BCUT2D eigenvalue weighted by Gasteiger charge is -2.16. The molecule has 2 aromatic carbocycles. The van der Waals surface area contributed by atoms with Crippen molar-refractivity contribution in [2.75, 3.05) is 14.1 Å². The van der Waals surface area contributed by atoms with Crippen LogP contribution in [0.3, 0.4) is 0 Å². The van der Waals surface area contributed by atoms with Crippen molar-refractivity contribution in [3.05, 3.63) is 69.8 Å². The summed E-state index contributed by atoms with van der Waals surface area (Å²) in [6, 6.07) is 13.9. The summed E-state index contributed by atoms with van der Waals surface area (Å²) in [7, 11) is 4.07. The van der Waals surface area contributed by atoms with Gasteiger partial charge in [0.1, 0.15) is 0 Å². The molecule has 0 bridgehead atoms. The predicted octanol–water partition coefficient (Wildman–Crippen LogP) is 1.54. The fourth-order valence-corrected chi connectivity index (χ4v) is 3.61. The van der Waals surface area contributed by atoms with E-state index in [0.717, 1.165) is 23.2 Å². The first-order valence-corrected chi connectivity index (χ1v) is 9.61. The van der Waals surface area contributed by atoms with Crippen molar-refractivity contribution in [2.24, 2.45) is 0 Å². The maximum atomic E-state index is 12.6. The molecule has 1 heterocycles. The fourth-order valence-electron chi connectivity index (χ4n) is 3.61. The number of hydrogen-bond acceptors (Lipinski definition) is 6. The number of hydrogen-bond donors (Lipinski definition) is 3. The second-order valence-corrected chi connectivity index (χ2v) is 7.64. The Morgan fingerprint density at radius 2 is 1.83 bits per heavy atom. The molecule has 0 aromatic heterocycles. The van der Waals surface area contributed by atoms with Crippen molar-refractivity contribution in [3.8, 4) is 11.1 Å². The third kappa shape index (κ3) is 4.97. The molecule has 3 rings (SSSR count). The van der Waals surface area contributed by atoms with E-state index >= 15 is 0 Å². The Bertz CT molecular complexity index is 869. The molecule has 1 aliphatic rings. The van der Waals surface area contributed by atoms with E-state index in [4.69, 9.17) is 0 Å². The van der Waals surface area contributed by atoms with Gasteiger partial charge in [0.25, 0.3) is 6.04 Å². The first-order chi connectivity index (χ1) is 13.9. The summed E-state index contributed by atoms with van der Waals surface area (Å²) < 4.78 is 0. The third-order valence-electron chi connectivity index (χ3n) is 5.08. The van der Waals surface area contributed by atoms with Crippen LogP contribution in [0.1, 0.15) is 18.1 Å². The first-order valence-electron chi connectivity index (χ1n) is 9.61. The molecular weight excluding hydrogens is 370 g/mol. The van der Waals surface area contributed by atoms with Crippen LogP contribution in [0.25, 0.3) is 11.1 Å². The zero-order valence-electron chi connectivity index (χ0n) is 16.9. The molecule has 0 aliphatic carbocycles. The van der Waals surface area contributed by atoms with Gasteiger partial charge in [-0.05, 0) is 43.3 Å². The maximum Gasteiger partial charge on any atom is 0.254 e. The summed E-state index contributed by atoms with van der Waals surface area (Å²) in [6.45, 7) is 2.85. The lowest BCUT2D eigenvalue weighted by Crippen LogP contribution is -2.49. The van der Waals surface area contributed by atoms with Crippen molar-refractivity contribution in [3.63, 3.8) is 0 Å². The number of nitrogens with one attached hydrogen (secondary N) is 3. The Kier molecular flexibility index (Phi) is 6.58. The Morgan fingerprint density at radius 3 is 2.48 bits per heavy atom. The van der Waals surface area contributed by atoms with Crippen LogP contribution < -0.4 is 16.2 Å². The SMILES string of the molecule is CC1NNC(C(=O)NCc2ccccc2-c2ccc(CN(C)C)cc2)C1[N+](=O)[O-]. The van der Waals surface area contributed by atoms with Crippen LogP contribution in [0.4, 0.5) is 0 Å². The van der Waals surface area contributed by atoms with Crippen LogP contribution in [0.5, 0.6) is 0 Å². The molecule has 1 fully saturated rings. The van der Waals surface area contributed by atoms with Gasteiger partial charge >= 0.3 is 0 Å². The highest BCUT2D eigenvalue weighted by atomic mass is 16.6. The normalized spacial score (nSPS) is 21.3. The van der Waals surface area contributed by atoms with Crippen molar-refractivity contribution in [1.29, 1.82) is 0 Å². The zero-order valence-corrected chi connectivity index (χ0v) is 16.9. The molecule has 0 spiro atoms. The van der Waals surface area contributed by atoms with Gasteiger partial charge in [-0.1, -0.05) is 48.5 Å². The van der Waals surface area contributed by atoms with Gasteiger partial charge in [0.2, 0.25) is 5.91 Å². The minimum Gasteiger partial charge on any atom is -0.350 e. The number of carbonyl (C=O) groups excluding carboxylic acids is 1. The number of hydrazine groups is 1. The topological polar surface area (TPSA) is 99.5 Å². The van der Waals surface area contributed by atoms with Gasteiger partial charge in [0, 0.05) is 18.0 Å². The summed E-state index contributed by atoms with van der Waals surface area (Å²) in [5, 5.41) is 14.1. The van der Waals surface area contributed by atoms with Crippen LogP contribution in [-0.4, -0.2) is 48.0 Å². The van der Waals surface area contributed by atoms with Gasteiger partial charge in [-0.3, -0.25) is 14.9 Å². The molecule has 3 unspecified atom stereocenters.